The van der Waals surface area contributed by atoms with Crippen molar-refractivity contribution in [2.45, 2.75) is 33.7 Å². The molecule has 0 radical (unpaired) electrons. The lowest BCUT2D eigenvalue weighted by Gasteiger charge is -2.04. The van der Waals surface area contributed by atoms with Crippen LogP contribution in [-0.2, 0) is 13.0 Å². The van der Waals surface area contributed by atoms with Gasteiger partial charge in [-0.05, 0) is 31.9 Å². The Morgan fingerprint density at radius 3 is 2.67 bits per heavy atom. The van der Waals surface area contributed by atoms with E-state index in [0.29, 0.717) is 29.2 Å². The van der Waals surface area contributed by atoms with Gasteiger partial charge in [0.05, 0.1) is 5.56 Å². The van der Waals surface area contributed by atoms with Gasteiger partial charge in [0, 0.05) is 17.6 Å². The van der Waals surface area contributed by atoms with E-state index in [1.54, 1.807) is 16.9 Å². The lowest BCUT2D eigenvalue weighted by atomic mass is 10.1. The van der Waals surface area contributed by atoms with Gasteiger partial charge in [-0.1, -0.05) is 6.92 Å². The maximum atomic E-state index is 12.2. The third-order valence-electron chi connectivity index (χ3n) is 3.23. The van der Waals surface area contributed by atoms with Crippen LogP contribution in [0.25, 0.3) is 0 Å². The molecule has 21 heavy (non-hydrogen) atoms. The van der Waals surface area contributed by atoms with Crippen molar-refractivity contribution >= 4 is 28.2 Å². The molecule has 2 aromatic heterocycles. The average molecular weight is 306 g/mol. The molecule has 2 heterocycles. The zero-order valence-corrected chi connectivity index (χ0v) is 13.1. The number of nitrogens with zero attached hydrogens (tertiary/aromatic N) is 2. The monoisotopic (exact) mass is 306 g/mol. The molecule has 0 saturated heterocycles. The van der Waals surface area contributed by atoms with Crippen LogP contribution in [0.3, 0.4) is 0 Å². The third kappa shape index (κ3) is 2.97. The fraction of sp³-hybridized carbons (Fsp3) is 0.357. The summed E-state index contributed by atoms with van der Waals surface area (Å²) in [5, 5.41) is 7.38. The van der Waals surface area contributed by atoms with Gasteiger partial charge in [-0.15, -0.1) is 11.3 Å². The standard InChI is InChI=1S/C14H18N4O2S/c1-4-9-8(3)21-14(11(9)12(15)19)16-13(20)10-6-7-18(5-2)17-10/h6-7H,4-5H2,1-3H3,(H2,15,19)(H,16,20). The number of hydrogen-bond donors (Lipinski definition) is 2. The molecule has 2 rings (SSSR count). The Balaban J connectivity index is 2.31. The van der Waals surface area contributed by atoms with E-state index in [-0.39, 0.29) is 5.91 Å². The summed E-state index contributed by atoms with van der Waals surface area (Å²) in [6, 6.07) is 1.64. The van der Waals surface area contributed by atoms with Crippen molar-refractivity contribution in [3.8, 4) is 0 Å². The minimum absolute atomic E-state index is 0.316. The fourth-order valence-electron chi connectivity index (χ4n) is 2.18. The van der Waals surface area contributed by atoms with Crippen LogP contribution in [0.4, 0.5) is 5.00 Å². The first-order valence-corrected chi connectivity index (χ1v) is 7.56. The SMILES string of the molecule is CCc1c(C)sc(NC(=O)c2ccn(CC)n2)c1C(N)=O. The van der Waals surface area contributed by atoms with Crippen LogP contribution < -0.4 is 11.1 Å². The van der Waals surface area contributed by atoms with Gasteiger partial charge in [-0.2, -0.15) is 5.10 Å². The topological polar surface area (TPSA) is 90.0 Å². The quantitative estimate of drug-likeness (QED) is 0.887. The normalized spacial score (nSPS) is 10.6. The Hall–Kier alpha value is -2.15. The van der Waals surface area contributed by atoms with Crippen LogP contribution in [-0.4, -0.2) is 21.6 Å². The molecule has 0 unspecified atom stereocenters. The molecule has 0 aliphatic rings. The highest BCUT2D eigenvalue weighted by molar-refractivity contribution is 7.16. The lowest BCUT2D eigenvalue weighted by molar-refractivity contribution is 0.100. The molecular weight excluding hydrogens is 288 g/mol. The minimum Gasteiger partial charge on any atom is -0.365 e. The molecule has 0 fully saturated rings. The molecule has 0 aromatic carbocycles. The molecule has 3 N–H and O–H groups in total. The van der Waals surface area contributed by atoms with Gasteiger partial charge < -0.3 is 11.1 Å². The van der Waals surface area contributed by atoms with Gasteiger partial charge >= 0.3 is 0 Å². The highest BCUT2D eigenvalue weighted by atomic mass is 32.1. The van der Waals surface area contributed by atoms with Crippen LogP contribution in [0, 0.1) is 6.92 Å². The van der Waals surface area contributed by atoms with Gasteiger partial charge in [0.1, 0.15) is 5.00 Å². The molecule has 0 spiro atoms. The third-order valence-corrected chi connectivity index (χ3v) is 4.30. The van der Waals surface area contributed by atoms with Gasteiger partial charge in [0.15, 0.2) is 5.69 Å². The summed E-state index contributed by atoms with van der Waals surface area (Å²) in [6.07, 6.45) is 2.43. The first-order chi connectivity index (χ1) is 9.97. The number of rotatable bonds is 5. The van der Waals surface area contributed by atoms with E-state index in [4.69, 9.17) is 5.73 Å². The second-order valence-corrected chi connectivity index (χ2v) is 5.79. The summed E-state index contributed by atoms with van der Waals surface area (Å²) in [7, 11) is 0. The molecule has 0 aliphatic carbocycles. The first-order valence-electron chi connectivity index (χ1n) is 6.74. The molecule has 2 amide bonds. The summed E-state index contributed by atoms with van der Waals surface area (Å²) < 4.78 is 1.67. The van der Waals surface area contributed by atoms with E-state index < -0.39 is 5.91 Å². The number of aryl methyl sites for hydroxylation is 2. The number of hydrogen-bond acceptors (Lipinski definition) is 4. The van der Waals surface area contributed by atoms with Crippen LogP contribution >= 0.6 is 11.3 Å². The highest BCUT2D eigenvalue weighted by Crippen LogP contribution is 2.33. The predicted octanol–water partition coefficient (Wildman–Crippen LogP) is 2.19. The van der Waals surface area contributed by atoms with E-state index >= 15 is 0 Å². The number of thiophene rings is 1. The molecule has 0 bridgehead atoms. The van der Waals surface area contributed by atoms with Gasteiger partial charge in [0.2, 0.25) is 0 Å². The number of carbonyl (C=O) groups is 2. The molecule has 7 heteroatoms. The number of aromatic nitrogens is 2. The minimum atomic E-state index is -0.523. The second-order valence-electron chi connectivity index (χ2n) is 4.57. The Kier molecular flexibility index (Phi) is 4.42. The van der Waals surface area contributed by atoms with Crippen LogP contribution in [0.2, 0.25) is 0 Å². The van der Waals surface area contributed by atoms with Crippen molar-refractivity contribution in [3.63, 3.8) is 0 Å². The molecule has 0 aliphatic heterocycles. The number of amides is 2. The van der Waals surface area contributed by atoms with Gasteiger partial charge in [0.25, 0.3) is 11.8 Å². The van der Waals surface area contributed by atoms with Crippen LogP contribution in [0.15, 0.2) is 12.3 Å². The smallest absolute Gasteiger partial charge is 0.276 e. The Morgan fingerprint density at radius 2 is 2.14 bits per heavy atom. The average Bonchev–Trinajstić information content (AvgIpc) is 3.02. The van der Waals surface area contributed by atoms with Crippen molar-refractivity contribution in [1.29, 1.82) is 0 Å². The zero-order valence-electron chi connectivity index (χ0n) is 12.3. The number of anilines is 1. The van der Waals surface area contributed by atoms with Crippen molar-refractivity contribution in [1.82, 2.24) is 9.78 Å². The number of nitrogens with one attached hydrogen (secondary N) is 1. The molecule has 6 nitrogen and oxygen atoms in total. The Bertz CT molecular complexity index is 687. The van der Waals surface area contributed by atoms with E-state index in [2.05, 4.69) is 10.4 Å². The summed E-state index contributed by atoms with van der Waals surface area (Å²) in [4.78, 5) is 24.8. The van der Waals surface area contributed by atoms with Gasteiger partial charge in [-0.3, -0.25) is 14.3 Å². The number of carbonyl (C=O) groups excluding carboxylic acids is 2. The summed E-state index contributed by atoms with van der Waals surface area (Å²) in [5.41, 5.74) is 7.05. The van der Waals surface area contributed by atoms with Crippen LogP contribution in [0.5, 0.6) is 0 Å². The fourth-order valence-corrected chi connectivity index (χ4v) is 3.32. The van der Waals surface area contributed by atoms with E-state index in [1.807, 2.05) is 20.8 Å². The molecule has 0 saturated carbocycles. The number of nitrogens with two attached hydrogens (primary N) is 1. The molecular formula is C14H18N4O2S. The van der Waals surface area contributed by atoms with Crippen molar-refractivity contribution in [3.05, 3.63) is 34.0 Å². The Labute approximate surface area is 127 Å². The van der Waals surface area contributed by atoms with Crippen molar-refractivity contribution < 1.29 is 9.59 Å². The first kappa shape index (κ1) is 15.2. The number of primary amides is 1. The van der Waals surface area contributed by atoms with E-state index in [9.17, 15) is 9.59 Å². The van der Waals surface area contributed by atoms with E-state index in [0.717, 1.165) is 10.4 Å². The molecule has 112 valence electrons. The summed E-state index contributed by atoms with van der Waals surface area (Å²) in [5.74, 6) is -0.862. The zero-order chi connectivity index (χ0) is 15.6. The largest absolute Gasteiger partial charge is 0.365 e. The molecule has 0 atom stereocenters. The maximum absolute atomic E-state index is 12.2. The highest BCUT2D eigenvalue weighted by Gasteiger charge is 2.21. The summed E-state index contributed by atoms with van der Waals surface area (Å²) >= 11 is 1.36. The van der Waals surface area contributed by atoms with Crippen LogP contribution in [0.1, 0.15) is 45.1 Å². The van der Waals surface area contributed by atoms with Gasteiger partial charge in [-0.25, -0.2) is 0 Å². The lowest BCUT2D eigenvalue weighted by Crippen LogP contribution is -2.18. The predicted molar refractivity (Wildman–Crippen MR) is 82.8 cm³/mol. The second kappa shape index (κ2) is 6.09. The Morgan fingerprint density at radius 1 is 1.43 bits per heavy atom. The molecule has 2 aromatic rings. The van der Waals surface area contributed by atoms with E-state index in [1.165, 1.54) is 11.3 Å². The van der Waals surface area contributed by atoms with Crippen molar-refractivity contribution in [2.75, 3.05) is 5.32 Å². The summed E-state index contributed by atoms with van der Waals surface area (Å²) in [6.45, 7) is 6.50. The van der Waals surface area contributed by atoms with Crippen molar-refractivity contribution in [2.24, 2.45) is 5.73 Å². The maximum Gasteiger partial charge on any atom is 0.276 e.